The molecular weight excluding hydrogens is 220 g/mol. The van der Waals surface area contributed by atoms with Crippen LogP contribution in [0.15, 0.2) is 47.1 Å². The summed E-state index contributed by atoms with van der Waals surface area (Å²) in [5, 5.41) is 0. The van der Waals surface area contributed by atoms with E-state index in [0.717, 1.165) is 11.1 Å². The molecule has 0 aliphatic rings. The minimum Gasteiger partial charge on any atom is -0.294 e. The Bertz CT molecular complexity index is 348. The molecule has 1 nitrogen and oxygen atoms in total. The van der Waals surface area contributed by atoms with Crippen molar-refractivity contribution in [1.29, 1.82) is 0 Å². The molecule has 0 fully saturated rings. The molecule has 0 aliphatic heterocycles. The summed E-state index contributed by atoms with van der Waals surface area (Å²) in [6, 6.07) is 0. The molecule has 0 rings (SSSR count). The number of hydrogen-bond donors (Lipinski definition) is 0. The van der Waals surface area contributed by atoms with Crippen LogP contribution in [-0.4, -0.2) is 5.78 Å². The van der Waals surface area contributed by atoms with Gasteiger partial charge in [0.1, 0.15) is 0 Å². The third-order valence-electron chi connectivity index (χ3n) is 2.34. The number of rotatable bonds is 5. The van der Waals surface area contributed by atoms with Crippen molar-refractivity contribution in [2.24, 2.45) is 0 Å². The lowest BCUT2D eigenvalue weighted by Crippen LogP contribution is -2.01. The average molecular weight is 248 g/mol. The number of allylic oxidation sites excluding steroid dienone is 8. The van der Waals surface area contributed by atoms with E-state index in [2.05, 4.69) is 0 Å². The average Bonchev–Trinajstić information content (AvgIpc) is 2.37. The summed E-state index contributed by atoms with van der Waals surface area (Å²) in [6.07, 6.45) is 10.2. The molecule has 0 saturated heterocycles. The topological polar surface area (TPSA) is 17.1 Å². The summed E-state index contributed by atoms with van der Waals surface area (Å²) < 4.78 is 0. The fraction of sp³-hybridized carbons (Fsp3) is 0.471. The summed E-state index contributed by atoms with van der Waals surface area (Å²) >= 11 is 0. The maximum Gasteiger partial charge on any atom is 0.162 e. The van der Waals surface area contributed by atoms with Crippen molar-refractivity contribution in [2.45, 2.75) is 54.9 Å². The van der Waals surface area contributed by atoms with Crippen LogP contribution in [0.5, 0.6) is 0 Å². The van der Waals surface area contributed by atoms with Gasteiger partial charge in [-0.05, 0) is 45.8 Å². The fourth-order valence-electron chi connectivity index (χ4n) is 1.25. The molecular formula is C17H28O. The summed E-state index contributed by atoms with van der Waals surface area (Å²) in [5.41, 5.74) is 3.12. The van der Waals surface area contributed by atoms with Crippen LogP contribution < -0.4 is 0 Å². The van der Waals surface area contributed by atoms with Crippen molar-refractivity contribution >= 4 is 5.78 Å². The zero-order valence-corrected chi connectivity index (χ0v) is 13.0. The standard InChI is InChI=1S/C15H22O.C2H6/c1-6-8-10-13(5)15(16)11-14(9-7-2)12(3)4;1-2/h6-10H,11H2,1-5H3;1-2H3/b8-6-,9-7-,13-10+;. The Morgan fingerprint density at radius 2 is 1.56 bits per heavy atom. The van der Waals surface area contributed by atoms with Gasteiger partial charge in [-0.1, -0.05) is 49.8 Å². The number of hydrogen-bond acceptors (Lipinski definition) is 1. The van der Waals surface area contributed by atoms with Crippen LogP contribution in [0.2, 0.25) is 0 Å². The van der Waals surface area contributed by atoms with E-state index < -0.39 is 0 Å². The van der Waals surface area contributed by atoms with Crippen molar-refractivity contribution in [3.05, 3.63) is 47.1 Å². The SMILES string of the molecule is C/C=C\C=C(/C)C(=O)CC(/C=C\C)=C(C)C.CC. The van der Waals surface area contributed by atoms with E-state index >= 15 is 0 Å². The molecule has 0 radical (unpaired) electrons. The van der Waals surface area contributed by atoms with Gasteiger partial charge >= 0.3 is 0 Å². The highest BCUT2D eigenvalue weighted by molar-refractivity contribution is 5.96. The maximum absolute atomic E-state index is 11.9. The summed E-state index contributed by atoms with van der Waals surface area (Å²) in [4.78, 5) is 11.9. The molecule has 0 aromatic carbocycles. The van der Waals surface area contributed by atoms with Gasteiger partial charge in [0, 0.05) is 6.42 Å². The second kappa shape index (κ2) is 12.1. The molecule has 1 heteroatoms. The van der Waals surface area contributed by atoms with E-state index in [1.807, 2.05) is 78.8 Å². The van der Waals surface area contributed by atoms with Gasteiger partial charge in [-0.15, -0.1) is 0 Å². The molecule has 18 heavy (non-hydrogen) atoms. The molecule has 0 aromatic rings. The van der Waals surface area contributed by atoms with Gasteiger partial charge in [0.05, 0.1) is 0 Å². The van der Waals surface area contributed by atoms with Crippen LogP contribution in [0.4, 0.5) is 0 Å². The number of Topliss-reactive ketones (excluding diaryl/α,β-unsaturated/α-hetero) is 1. The molecule has 0 atom stereocenters. The van der Waals surface area contributed by atoms with Crippen LogP contribution in [0.25, 0.3) is 0 Å². The minimum atomic E-state index is 0.187. The fourth-order valence-corrected chi connectivity index (χ4v) is 1.25. The van der Waals surface area contributed by atoms with Crippen LogP contribution in [0.3, 0.4) is 0 Å². The Hall–Kier alpha value is -1.37. The first-order valence-corrected chi connectivity index (χ1v) is 6.64. The van der Waals surface area contributed by atoms with Crippen molar-refractivity contribution < 1.29 is 4.79 Å². The molecule has 0 heterocycles. The Morgan fingerprint density at radius 1 is 1.00 bits per heavy atom. The summed E-state index contributed by atoms with van der Waals surface area (Å²) in [6.45, 7) is 13.8. The molecule has 0 aliphatic carbocycles. The van der Waals surface area contributed by atoms with Crippen molar-refractivity contribution in [3.8, 4) is 0 Å². The van der Waals surface area contributed by atoms with Gasteiger partial charge in [0.25, 0.3) is 0 Å². The highest BCUT2D eigenvalue weighted by Gasteiger charge is 2.06. The normalized spacial score (nSPS) is 11.4. The lowest BCUT2D eigenvalue weighted by Gasteiger charge is -2.04. The first-order chi connectivity index (χ1) is 8.52. The molecule has 0 bridgehead atoms. The third-order valence-corrected chi connectivity index (χ3v) is 2.34. The zero-order chi connectivity index (χ0) is 14.6. The lowest BCUT2D eigenvalue weighted by molar-refractivity contribution is -0.114. The molecule has 0 aromatic heterocycles. The first-order valence-electron chi connectivity index (χ1n) is 6.64. The van der Waals surface area contributed by atoms with E-state index in [0.29, 0.717) is 6.42 Å². The highest BCUT2D eigenvalue weighted by atomic mass is 16.1. The molecule has 0 spiro atoms. The predicted molar refractivity (Wildman–Crippen MR) is 82.7 cm³/mol. The molecule has 0 saturated carbocycles. The highest BCUT2D eigenvalue weighted by Crippen LogP contribution is 2.13. The monoisotopic (exact) mass is 248 g/mol. The second-order valence-corrected chi connectivity index (χ2v) is 4.00. The van der Waals surface area contributed by atoms with Gasteiger partial charge in [-0.3, -0.25) is 4.79 Å². The summed E-state index contributed by atoms with van der Waals surface area (Å²) in [5.74, 6) is 0.187. The van der Waals surface area contributed by atoms with Crippen molar-refractivity contribution in [1.82, 2.24) is 0 Å². The molecule has 0 unspecified atom stereocenters. The van der Waals surface area contributed by atoms with Gasteiger partial charge < -0.3 is 0 Å². The number of ketones is 1. The van der Waals surface area contributed by atoms with Crippen LogP contribution in [0, 0.1) is 0 Å². The van der Waals surface area contributed by atoms with Crippen LogP contribution in [-0.2, 0) is 4.79 Å². The number of carbonyl (C=O) groups is 1. The Balaban J connectivity index is 0. The molecule has 102 valence electrons. The summed E-state index contributed by atoms with van der Waals surface area (Å²) in [7, 11) is 0. The van der Waals surface area contributed by atoms with E-state index in [1.54, 1.807) is 0 Å². The lowest BCUT2D eigenvalue weighted by atomic mass is 10.00. The zero-order valence-electron chi connectivity index (χ0n) is 13.0. The van der Waals surface area contributed by atoms with Crippen molar-refractivity contribution in [3.63, 3.8) is 0 Å². The van der Waals surface area contributed by atoms with Gasteiger partial charge in [-0.25, -0.2) is 0 Å². The van der Waals surface area contributed by atoms with Crippen molar-refractivity contribution in [2.75, 3.05) is 0 Å². The maximum atomic E-state index is 11.9. The van der Waals surface area contributed by atoms with Gasteiger partial charge in [0.15, 0.2) is 5.78 Å². The van der Waals surface area contributed by atoms with Crippen LogP contribution >= 0.6 is 0 Å². The predicted octanol–water partition coefficient (Wildman–Crippen LogP) is 5.41. The van der Waals surface area contributed by atoms with E-state index in [-0.39, 0.29) is 5.78 Å². The molecule has 0 N–H and O–H groups in total. The second-order valence-electron chi connectivity index (χ2n) is 4.00. The Morgan fingerprint density at radius 3 is 1.94 bits per heavy atom. The molecule has 0 amide bonds. The quantitative estimate of drug-likeness (QED) is 0.470. The van der Waals surface area contributed by atoms with E-state index in [1.165, 1.54) is 5.57 Å². The largest absolute Gasteiger partial charge is 0.294 e. The first kappa shape index (κ1) is 19.0. The number of carbonyl (C=O) groups excluding carboxylic acids is 1. The van der Waals surface area contributed by atoms with Gasteiger partial charge in [-0.2, -0.15) is 0 Å². The minimum absolute atomic E-state index is 0.187. The van der Waals surface area contributed by atoms with Gasteiger partial charge in [0.2, 0.25) is 0 Å². The van der Waals surface area contributed by atoms with E-state index in [4.69, 9.17) is 0 Å². The Kier molecular flexibility index (Phi) is 12.8. The third kappa shape index (κ3) is 8.74. The van der Waals surface area contributed by atoms with E-state index in [9.17, 15) is 4.79 Å². The smallest absolute Gasteiger partial charge is 0.162 e. The van der Waals surface area contributed by atoms with Crippen LogP contribution in [0.1, 0.15) is 54.9 Å². The Labute approximate surface area is 113 Å².